The molecule has 0 aromatic rings. The number of nitrogens with one attached hydrogen (secondary N) is 2. The summed E-state index contributed by atoms with van der Waals surface area (Å²) >= 11 is 0. The van der Waals surface area contributed by atoms with Gasteiger partial charge in [0.2, 0.25) is 11.8 Å². The quantitative estimate of drug-likeness (QED) is 0.288. The summed E-state index contributed by atoms with van der Waals surface area (Å²) in [7, 11) is 0. The van der Waals surface area contributed by atoms with E-state index in [1.165, 1.54) is 26.7 Å². The van der Waals surface area contributed by atoms with Crippen molar-refractivity contribution in [2.24, 2.45) is 11.7 Å². The van der Waals surface area contributed by atoms with Crippen molar-refractivity contribution in [2.75, 3.05) is 0 Å². The van der Waals surface area contributed by atoms with E-state index in [-0.39, 0.29) is 49.1 Å². The Bertz CT molecular complexity index is 304. The van der Waals surface area contributed by atoms with Crippen LogP contribution in [0.15, 0.2) is 0 Å². The zero-order chi connectivity index (χ0) is 24.0. The second-order valence-corrected chi connectivity index (χ2v) is 4.54. The average molecular weight is 409 g/mol. The van der Waals surface area contributed by atoms with Crippen molar-refractivity contribution in [3.8, 4) is 0 Å². The van der Waals surface area contributed by atoms with E-state index < -0.39 is 0 Å². The van der Waals surface area contributed by atoms with Gasteiger partial charge in [0.25, 0.3) is 0 Å². The van der Waals surface area contributed by atoms with E-state index in [1.807, 2.05) is 52.4 Å². The highest BCUT2D eigenvalue weighted by Crippen LogP contribution is 1.88. The predicted octanol–water partition coefficient (Wildman–Crippen LogP) is 3.58. The van der Waals surface area contributed by atoms with Crippen LogP contribution in [0, 0.1) is 0 Å². The second-order valence-electron chi connectivity index (χ2n) is 4.54. The molecule has 0 heterocycles. The molecule has 0 saturated heterocycles. The van der Waals surface area contributed by atoms with Crippen molar-refractivity contribution in [3.05, 3.63) is 0 Å². The molecule has 8 nitrogen and oxygen atoms in total. The standard InChI is InChI=1S/2C5H10N2O2.C4H10.3C2H6/c2*1-4(8)2-3-5(9)7-6;1-3-4-2;3*1-2/h2*2-3,6H2,1H3,(H,7,9);3-4H2,1-2H3;3*1-2H3. The zero-order valence-corrected chi connectivity index (χ0v) is 20.0. The number of Topliss-reactive ketones (excluding diaryl/α,β-unsaturated/α-hetero) is 2. The molecule has 0 aliphatic heterocycles. The lowest BCUT2D eigenvalue weighted by molar-refractivity contribution is -0.124. The summed E-state index contributed by atoms with van der Waals surface area (Å²) in [5.74, 6) is 8.89. The lowest BCUT2D eigenvalue weighted by Gasteiger charge is -1.93. The van der Waals surface area contributed by atoms with Crippen molar-refractivity contribution in [1.82, 2.24) is 10.9 Å². The molecule has 0 radical (unpaired) electrons. The molecule has 0 aromatic heterocycles. The third-order valence-corrected chi connectivity index (χ3v) is 2.23. The Labute approximate surface area is 173 Å². The minimum absolute atomic E-state index is 0.00130. The summed E-state index contributed by atoms with van der Waals surface area (Å²) in [6.07, 6.45) is 3.55. The lowest BCUT2D eigenvalue weighted by atomic mass is 10.2. The molecule has 0 aromatic carbocycles. The van der Waals surface area contributed by atoms with Crippen LogP contribution in [0.1, 0.15) is 108 Å². The topological polar surface area (TPSA) is 144 Å². The maximum atomic E-state index is 10.3. The van der Waals surface area contributed by atoms with Gasteiger partial charge >= 0.3 is 0 Å². The van der Waals surface area contributed by atoms with E-state index in [2.05, 4.69) is 13.8 Å². The summed E-state index contributed by atoms with van der Waals surface area (Å²) in [5, 5.41) is 0. The van der Waals surface area contributed by atoms with Gasteiger partial charge < -0.3 is 9.59 Å². The molecular formula is C20H48N4O4. The van der Waals surface area contributed by atoms with Crippen LogP contribution in [0.5, 0.6) is 0 Å². The van der Waals surface area contributed by atoms with E-state index in [0.717, 1.165) is 0 Å². The van der Waals surface area contributed by atoms with Crippen molar-refractivity contribution in [1.29, 1.82) is 0 Å². The Morgan fingerprint density at radius 1 is 0.571 bits per heavy atom. The number of nitrogens with two attached hydrogens (primary N) is 2. The molecule has 0 fully saturated rings. The summed E-state index contributed by atoms with van der Waals surface area (Å²) < 4.78 is 0. The lowest BCUT2D eigenvalue weighted by Crippen LogP contribution is -2.30. The van der Waals surface area contributed by atoms with E-state index in [0.29, 0.717) is 0 Å². The number of rotatable bonds is 7. The van der Waals surface area contributed by atoms with Gasteiger partial charge in [-0.05, 0) is 13.8 Å². The Hall–Kier alpha value is -1.80. The molecule has 0 aliphatic rings. The van der Waals surface area contributed by atoms with Crippen LogP contribution in [0.2, 0.25) is 0 Å². The van der Waals surface area contributed by atoms with Gasteiger partial charge in [0.15, 0.2) is 0 Å². The Morgan fingerprint density at radius 2 is 0.786 bits per heavy atom. The number of carbonyl (C=O) groups is 4. The fourth-order valence-corrected chi connectivity index (χ4v) is 0.723. The molecular weight excluding hydrogens is 360 g/mol. The third kappa shape index (κ3) is 74.8. The van der Waals surface area contributed by atoms with Crippen LogP contribution in [-0.2, 0) is 19.2 Å². The number of hydrogen-bond acceptors (Lipinski definition) is 6. The molecule has 0 rings (SSSR count). The van der Waals surface area contributed by atoms with Crippen LogP contribution in [-0.4, -0.2) is 23.4 Å². The monoisotopic (exact) mass is 408 g/mol. The maximum absolute atomic E-state index is 10.3. The molecule has 6 N–H and O–H groups in total. The summed E-state index contributed by atoms with van der Waals surface area (Å²) in [4.78, 5) is 41.1. The molecule has 0 saturated carbocycles. The van der Waals surface area contributed by atoms with Gasteiger partial charge in [-0.25, -0.2) is 11.7 Å². The first-order valence-corrected chi connectivity index (χ1v) is 10.2. The van der Waals surface area contributed by atoms with Crippen LogP contribution in [0.25, 0.3) is 0 Å². The number of carbonyl (C=O) groups excluding carboxylic acids is 4. The van der Waals surface area contributed by atoms with E-state index in [4.69, 9.17) is 11.7 Å². The molecule has 0 bridgehead atoms. The average Bonchev–Trinajstić information content (AvgIpc) is 2.74. The number of ketones is 2. The van der Waals surface area contributed by atoms with Gasteiger partial charge in [-0.15, -0.1) is 0 Å². The van der Waals surface area contributed by atoms with Crippen molar-refractivity contribution in [3.63, 3.8) is 0 Å². The minimum Gasteiger partial charge on any atom is -0.300 e. The molecule has 2 amide bonds. The van der Waals surface area contributed by atoms with Gasteiger partial charge in [0.05, 0.1) is 0 Å². The summed E-state index contributed by atoms with van der Waals surface area (Å²) in [6.45, 7) is 19.2. The molecule has 0 aliphatic carbocycles. The van der Waals surface area contributed by atoms with Crippen LogP contribution in [0.4, 0.5) is 0 Å². The first-order valence-electron chi connectivity index (χ1n) is 10.2. The Balaban J connectivity index is -0.0000000595. The van der Waals surface area contributed by atoms with Crippen molar-refractivity contribution >= 4 is 23.4 Å². The SMILES string of the molecule is CC.CC.CC.CC(=O)CCC(=O)NN.CC(=O)CCC(=O)NN.CCCC. The second kappa shape index (κ2) is 44.6. The molecule has 8 heteroatoms. The minimum atomic E-state index is -0.301. The van der Waals surface area contributed by atoms with Crippen LogP contribution >= 0.6 is 0 Å². The van der Waals surface area contributed by atoms with Gasteiger partial charge in [0, 0.05) is 25.7 Å². The normalized spacial score (nSPS) is 7.29. The van der Waals surface area contributed by atoms with E-state index in [9.17, 15) is 19.2 Å². The predicted molar refractivity (Wildman–Crippen MR) is 119 cm³/mol. The van der Waals surface area contributed by atoms with Crippen LogP contribution < -0.4 is 22.5 Å². The van der Waals surface area contributed by atoms with Gasteiger partial charge in [-0.1, -0.05) is 68.2 Å². The van der Waals surface area contributed by atoms with Crippen LogP contribution in [0.3, 0.4) is 0 Å². The number of amides is 2. The fraction of sp³-hybridized carbons (Fsp3) is 0.800. The zero-order valence-electron chi connectivity index (χ0n) is 20.0. The molecule has 0 atom stereocenters. The fourth-order valence-electron chi connectivity index (χ4n) is 0.723. The Morgan fingerprint density at radius 3 is 0.893 bits per heavy atom. The van der Waals surface area contributed by atoms with Crippen molar-refractivity contribution < 1.29 is 19.2 Å². The van der Waals surface area contributed by atoms with Crippen molar-refractivity contribution in [2.45, 2.75) is 108 Å². The highest BCUT2D eigenvalue weighted by atomic mass is 16.2. The number of unbranched alkanes of at least 4 members (excludes halogenated alkanes) is 1. The van der Waals surface area contributed by atoms with Gasteiger partial charge in [0.1, 0.15) is 11.6 Å². The van der Waals surface area contributed by atoms with Gasteiger partial charge in [-0.2, -0.15) is 0 Å². The van der Waals surface area contributed by atoms with E-state index in [1.54, 1.807) is 0 Å². The highest BCUT2D eigenvalue weighted by Gasteiger charge is 1.99. The highest BCUT2D eigenvalue weighted by molar-refractivity contribution is 5.83. The molecule has 0 spiro atoms. The third-order valence-electron chi connectivity index (χ3n) is 2.23. The van der Waals surface area contributed by atoms with E-state index >= 15 is 0 Å². The number of hydrazine groups is 2. The summed E-state index contributed by atoms with van der Waals surface area (Å²) in [6, 6.07) is 0. The number of hydrogen-bond donors (Lipinski definition) is 4. The Kier molecular flexibility index (Phi) is 64.9. The largest absolute Gasteiger partial charge is 0.300 e. The first kappa shape index (κ1) is 40.8. The first-order chi connectivity index (χ1) is 13.2. The smallest absolute Gasteiger partial charge is 0.234 e. The molecule has 172 valence electrons. The maximum Gasteiger partial charge on any atom is 0.234 e. The van der Waals surface area contributed by atoms with Gasteiger partial charge in [-0.3, -0.25) is 20.4 Å². The molecule has 28 heavy (non-hydrogen) atoms. The molecule has 0 unspecified atom stereocenters. The summed E-state index contributed by atoms with van der Waals surface area (Å²) in [5.41, 5.74) is 3.86.